The van der Waals surface area contributed by atoms with E-state index < -0.39 is 10.0 Å². The Hall–Kier alpha value is -2.87. The van der Waals surface area contributed by atoms with Gasteiger partial charge in [-0.25, -0.2) is 8.42 Å². The van der Waals surface area contributed by atoms with E-state index in [1.165, 1.54) is 32.4 Å². The van der Waals surface area contributed by atoms with E-state index in [1.807, 2.05) is 0 Å². The lowest BCUT2D eigenvalue weighted by molar-refractivity contribution is -0.121. The van der Waals surface area contributed by atoms with Gasteiger partial charge >= 0.3 is 0 Å². The number of carbonyl (C=O) groups excluding carboxylic acids is 2. The third kappa shape index (κ3) is 3.03. The van der Waals surface area contributed by atoms with Gasteiger partial charge in [-0.05, 0) is 30.3 Å². The van der Waals surface area contributed by atoms with Crippen LogP contribution in [0.25, 0.3) is 0 Å². The molecule has 0 unspecified atom stereocenters. The molecule has 2 amide bonds. The summed E-state index contributed by atoms with van der Waals surface area (Å²) in [4.78, 5) is 24.8. The van der Waals surface area contributed by atoms with Crippen LogP contribution in [0.1, 0.15) is 12.8 Å². The van der Waals surface area contributed by atoms with Gasteiger partial charge in [-0.1, -0.05) is 18.2 Å². The molecule has 0 aliphatic carbocycles. The zero-order valence-electron chi connectivity index (χ0n) is 14.4. The van der Waals surface area contributed by atoms with Crippen molar-refractivity contribution in [3.63, 3.8) is 0 Å². The maximum atomic E-state index is 13.1. The maximum Gasteiger partial charge on any atom is 0.267 e. The first-order valence-electron chi connectivity index (χ1n) is 7.94. The molecule has 136 valence electrons. The summed E-state index contributed by atoms with van der Waals surface area (Å²) in [6.45, 7) is 0. The smallest absolute Gasteiger partial charge is 0.267 e. The molecule has 0 radical (unpaired) electrons. The van der Waals surface area contributed by atoms with E-state index in [-0.39, 0.29) is 41.0 Å². The summed E-state index contributed by atoms with van der Waals surface area (Å²) in [6.07, 6.45) is 0.244. The molecule has 0 atom stereocenters. The van der Waals surface area contributed by atoms with E-state index in [1.54, 1.807) is 30.3 Å². The third-order valence-corrected chi connectivity index (χ3v) is 6.02. The van der Waals surface area contributed by atoms with E-state index in [9.17, 15) is 18.0 Å². The summed E-state index contributed by atoms with van der Waals surface area (Å²) in [5.74, 6) is -0.560. The van der Waals surface area contributed by atoms with Gasteiger partial charge in [-0.2, -0.15) is 0 Å². The van der Waals surface area contributed by atoms with Crippen LogP contribution in [0.5, 0.6) is 5.75 Å². The van der Waals surface area contributed by atoms with Gasteiger partial charge in [0.15, 0.2) is 0 Å². The SMILES string of the molecule is COc1ccc(N2C(=O)CCC2=O)cc1S(=O)(=O)N(C)c1ccccc1. The molecule has 2 aromatic rings. The second kappa shape index (κ2) is 6.80. The number of nitrogens with zero attached hydrogens (tertiary/aromatic N) is 2. The summed E-state index contributed by atoms with van der Waals surface area (Å²) >= 11 is 0. The van der Waals surface area contributed by atoms with Crippen molar-refractivity contribution in [1.29, 1.82) is 0 Å². The van der Waals surface area contributed by atoms with Gasteiger partial charge in [0.25, 0.3) is 10.0 Å². The van der Waals surface area contributed by atoms with E-state index in [2.05, 4.69) is 0 Å². The van der Waals surface area contributed by atoms with Crippen LogP contribution in [-0.2, 0) is 19.6 Å². The van der Waals surface area contributed by atoms with Crippen LogP contribution in [0.2, 0.25) is 0 Å². The minimum Gasteiger partial charge on any atom is -0.495 e. The minimum absolute atomic E-state index is 0.114. The average molecular weight is 374 g/mol. The van der Waals surface area contributed by atoms with Crippen LogP contribution in [0.3, 0.4) is 0 Å². The molecule has 2 aromatic carbocycles. The van der Waals surface area contributed by atoms with Crippen LogP contribution in [0.15, 0.2) is 53.4 Å². The highest BCUT2D eigenvalue weighted by Crippen LogP contribution is 2.34. The molecule has 7 nitrogen and oxygen atoms in total. The predicted octanol–water partition coefficient (Wildman–Crippen LogP) is 2.17. The Morgan fingerprint density at radius 1 is 1.00 bits per heavy atom. The topological polar surface area (TPSA) is 84.0 Å². The fourth-order valence-electron chi connectivity index (χ4n) is 2.79. The number of carbonyl (C=O) groups is 2. The highest BCUT2D eigenvalue weighted by molar-refractivity contribution is 7.93. The van der Waals surface area contributed by atoms with Gasteiger partial charge in [0, 0.05) is 19.9 Å². The molecule has 0 aromatic heterocycles. The van der Waals surface area contributed by atoms with Gasteiger partial charge in [-0.3, -0.25) is 18.8 Å². The van der Waals surface area contributed by atoms with Crippen LogP contribution < -0.4 is 13.9 Å². The Labute approximate surface area is 151 Å². The van der Waals surface area contributed by atoms with E-state index in [0.717, 1.165) is 9.21 Å². The second-order valence-corrected chi connectivity index (χ2v) is 7.70. The van der Waals surface area contributed by atoms with Crippen LogP contribution in [-0.4, -0.2) is 34.4 Å². The standard InChI is InChI=1S/C18H18N2O5S/c1-19(13-6-4-3-5-7-13)26(23,24)16-12-14(8-9-15(16)25-2)20-17(21)10-11-18(20)22/h3-9,12H,10-11H2,1-2H3. The highest BCUT2D eigenvalue weighted by atomic mass is 32.2. The third-order valence-electron chi connectivity index (χ3n) is 4.22. The second-order valence-electron chi connectivity index (χ2n) is 5.77. The molecular formula is C18H18N2O5S. The fourth-order valence-corrected chi connectivity index (χ4v) is 4.16. The molecule has 0 N–H and O–H groups in total. The Morgan fingerprint density at radius 3 is 2.19 bits per heavy atom. The Balaban J connectivity index is 2.09. The number of ether oxygens (including phenoxy) is 1. The number of hydrogen-bond acceptors (Lipinski definition) is 5. The molecule has 0 bridgehead atoms. The van der Waals surface area contributed by atoms with Gasteiger partial charge in [0.2, 0.25) is 11.8 Å². The van der Waals surface area contributed by atoms with Crippen molar-refractivity contribution >= 4 is 33.2 Å². The molecular weight excluding hydrogens is 356 g/mol. The molecule has 1 fully saturated rings. The van der Waals surface area contributed by atoms with E-state index >= 15 is 0 Å². The van der Waals surface area contributed by atoms with Crippen LogP contribution in [0.4, 0.5) is 11.4 Å². The Bertz CT molecular complexity index is 941. The predicted molar refractivity (Wildman–Crippen MR) is 96.8 cm³/mol. The van der Waals surface area contributed by atoms with Crippen molar-refractivity contribution in [3.8, 4) is 5.75 Å². The van der Waals surface area contributed by atoms with Crippen LogP contribution in [0, 0.1) is 0 Å². The normalized spacial score (nSPS) is 14.6. The molecule has 1 aliphatic rings. The van der Waals surface area contributed by atoms with Crippen molar-refractivity contribution < 1.29 is 22.7 Å². The van der Waals surface area contributed by atoms with E-state index in [0.29, 0.717) is 5.69 Å². The molecule has 0 saturated carbocycles. The Morgan fingerprint density at radius 2 is 1.62 bits per heavy atom. The first kappa shape index (κ1) is 17.9. The Kier molecular flexibility index (Phi) is 4.69. The quantitative estimate of drug-likeness (QED) is 0.749. The fraction of sp³-hybridized carbons (Fsp3) is 0.222. The van der Waals surface area contributed by atoms with Crippen molar-refractivity contribution in [1.82, 2.24) is 0 Å². The molecule has 26 heavy (non-hydrogen) atoms. The maximum absolute atomic E-state index is 13.1. The number of hydrogen-bond donors (Lipinski definition) is 0. The lowest BCUT2D eigenvalue weighted by Crippen LogP contribution is -2.30. The summed E-state index contributed by atoms with van der Waals surface area (Å²) in [5, 5.41) is 0. The highest BCUT2D eigenvalue weighted by Gasteiger charge is 2.33. The number of imide groups is 1. The lowest BCUT2D eigenvalue weighted by Gasteiger charge is -2.22. The lowest BCUT2D eigenvalue weighted by atomic mass is 10.2. The summed E-state index contributed by atoms with van der Waals surface area (Å²) in [6, 6.07) is 12.8. The zero-order valence-corrected chi connectivity index (χ0v) is 15.2. The molecule has 1 saturated heterocycles. The van der Waals surface area contributed by atoms with Crippen molar-refractivity contribution in [3.05, 3.63) is 48.5 Å². The summed E-state index contributed by atoms with van der Waals surface area (Å²) in [5.41, 5.74) is 0.701. The first-order chi connectivity index (χ1) is 12.4. The van der Waals surface area contributed by atoms with Gasteiger partial charge in [0.05, 0.1) is 18.5 Å². The number of rotatable bonds is 5. The van der Waals surface area contributed by atoms with Crippen molar-refractivity contribution in [2.45, 2.75) is 17.7 Å². The number of amides is 2. The first-order valence-corrected chi connectivity index (χ1v) is 9.38. The summed E-state index contributed by atoms with van der Waals surface area (Å²) in [7, 11) is -1.17. The molecule has 0 spiro atoms. The monoisotopic (exact) mass is 374 g/mol. The van der Waals surface area contributed by atoms with Gasteiger partial charge < -0.3 is 4.74 Å². The molecule has 1 heterocycles. The molecule has 1 aliphatic heterocycles. The summed E-state index contributed by atoms with van der Waals surface area (Å²) < 4.78 is 32.5. The average Bonchev–Trinajstić information content (AvgIpc) is 2.99. The van der Waals surface area contributed by atoms with Crippen molar-refractivity contribution in [2.75, 3.05) is 23.4 Å². The van der Waals surface area contributed by atoms with Crippen molar-refractivity contribution in [2.24, 2.45) is 0 Å². The molecule has 3 rings (SSSR count). The largest absolute Gasteiger partial charge is 0.495 e. The zero-order chi connectivity index (χ0) is 18.9. The van der Waals surface area contributed by atoms with Gasteiger partial charge in [-0.15, -0.1) is 0 Å². The van der Waals surface area contributed by atoms with Crippen LogP contribution >= 0.6 is 0 Å². The minimum atomic E-state index is -3.96. The van der Waals surface area contributed by atoms with E-state index in [4.69, 9.17) is 4.74 Å². The van der Waals surface area contributed by atoms with Gasteiger partial charge in [0.1, 0.15) is 10.6 Å². The number of benzene rings is 2. The number of methoxy groups -OCH3 is 1. The molecule has 8 heteroatoms. The number of anilines is 2. The number of sulfonamides is 1. The number of para-hydroxylation sites is 1.